The number of aromatic nitrogens is 2. The minimum Gasteiger partial charge on any atom is -0.310 e. The Labute approximate surface area is 122 Å². The van der Waals surface area contributed by atoms with Crippen molar-refractivity contribution in [2.75, 3.05) is 17.2 Å². The zero-order valence-electron chi connectivity index (χ0n) is 11.5. The third-order valence-corrected chi connectivity index (χ3v) is 4.46. The molecule has 4 nitrogen and oxygen atoms in total. The first kappa shape index (κ1) is 13.2. The normalized spacial score (nSPS) is 14.2. The Morgan fingerprint density at radius 1 is 1.40 bits per heavy atom. The van der Waals surface area contributed by atoms with E-state index in [2.05, 4.69) is 11.2 Å². The Hall–Kier alpha value is -1.75. The Kier molecular flexibility index (Phi) is 3.78. The highest BCUT2D eigenvalue weighted by Crippen LogP contribution is 2.34. The first-order valence-corrected chi connectivity index (χ1v) is 7.72. The maximum Gasteiger partial charge on any atom is 0.227 e. The van der Waals surface area contributed by atoms with Crippen LogP contribution in [0.2, 0.25) is 0 Å². The van der Waals surface area contributed by atoms with Gasteiger partial charge in [-0.2, -0.15) is 5.10 Å². The lowest BCUT2D eigenvalue weighted by Crippen LogP contribution is -2.35. The molecule has 0 unspecified atom stereocenters. The van der Waals surface area contributed by atoms with Gasteiger partial charge in [-0.3, -0.25) is 9.48 Å². The Bertz CT molecular complexity index is 623. The van der Waals surface area contributed by atoms with Crippen molar-refractivity contribution in [2.45, 2.75) is 17.7 Å². The summed E-state index contributed by atoms with van der Waals surface area (Å²) in [5, 5.41) is 4.13. The summed E-state index contributed by atoms with van der Waals surface area (Å²) in [7, 11) is 1.89. The molecule has 1 aromatic carbocycles. The van der Waals surface area contributed by atoms with Crippen LogP contribution in [0, 0.1) is 0 Å². The number of rotatable bonds is 3. The molecule has 2 heterocycles. The van der Waals surface area contributed by atoms with Gasteiger partial charge in [-0.15, -0.1) is 11.8 Å². The summed E-state index contributed by atoms with van der Waals surface area (Å²) in [6.07, 6.45) is 5.07. The van der Waals surface area contributed by atoms with E-state index in [0.717, 1.165) is 30.0 Å². The number of para-hydroxylation sites is 1. The zero-order valence-corrected chi connectivity index (χ0v) is 12.3. The van der Waals surface area contributed by atoms with Crippen LogP contribution in [-0.4, -0.2) is 28.0 Å². The number of amides is 1. The van der Waals surface area contributed by atoms with Gasteiger partial charge >= 0.3 is 0 Å². The second-order valence-corrected chi connectivity index (χ2v) is 6.02. The van der Waals surface area contributed by atoms with E-state index >= 15 is 0 Å². The first-order chi connectivity index (χ1) is 9.74. The van der Waals surface area contributed by atoms with Crippen LogP contribution < -0.4 is 4.90 Å². The average molecular weight is 287 g/mol. The van der Waals surface area contributed by atoms with Crippen molar-refractivity contribution in [1.82, 2.24) is 9.78 Å². The number of thioether (sulfide) groups is 1. The Balaban J connectivity index is 1.69. The summed E-state index contributed by atoms with van der Waals surface area (Å²) in [4.78, 5) is 15.6. The summed E-state index contributed by atoms with van der Waals surface area (Å²) in [5.74, 6) is 1.16. The summed E-state index contributed by atoms with van der Waals surface area (Å²) < 4.78 is 1.77. The maximum atomic E-state index is 12.4. The molecule has 1 amide bonds. The molecule has 1 aliphatic heterocycles. The van der Waals surface area contributed by atoms with Crippen LogP contribution >= 0.6 is 11.8 Å². The molecule has 1 aliphatic rings. The standard InChI is InChI=1S/C15H17N3OS/c1-17-11-12(10-16-17)6-7-15(19)18-8-9-20-14-5-3-2-4-13(14)18/h2-5,10-11H,6-9H2,1H3. The van der Waals surface area contributed by atoms with E-state index in [-0.39, 0.29) is 5.91 Å². The number of benzene rings is 1. The number of carbonyl (C=O) groups is 1. The number of anilines is 1. The van der Waals surface area contributed by atoms with Gasteiger partial charge in [0.2, 0.25) is 5.91 Å². The van der Waals surface area contributed by atoms with E-state index in [0.29, 0.717) is 6.42 Å². The first-order valence-electron chi connectivity index (χ1n) is 6.74. The predicted octanol–water partition coefficient (Wildman–Crippen LogP) is 2.49. The number of carbonyl (C=O) groups excluding carboxylic acids is 1. The van der Waals surface area contributed by atoms with E-state index in [9.17, 15) is 4.79 Å². The molecule has 20 heavy (non-hydrogen) atoms. The van der Waals surface area contributed by atoms with Gasteiger partial charge in [-0.05, 0) is 24.1 Å². The molecule has 1 aromatic heterocycles. The van der Waals surface area contributed by atoms with E-state index in [1.165, 1.54) is 4.90 Å². The van der Waals surface area contributed by atoms with Crippen LogP contribution in [0.5, 0.6) is 0 Å². The summed E-state index contributed by atoms with van der Waals surface area (Å²) in [6, 6.07) is 8.13. The second-order valence-electron chi connectivity index (χ2n) is 4.88. The van der Waals surface area contributed by atoms with E-state index in [4.69, 9.17) is 0 Å². The van der Waals surface area contributed by atoms with Crippen molar-refractivity contribution in [2.24, 2.45) is 7.05 Å². The van der Waals surface area contributed by atoms with Gasteiger partial charge in [0, 0.05) is 36.9 Å². The fourth-order valence-electron chi connectivity index (χ4n) is 2.42. The van der Waals surface area contributed by atoms with E-state index < -0.39 is 0 Å². The lowest BCUT2D eigenvalue weighted by Gasteiger charge is -2.29. The monoisotopic (exact) mass is 287 g/mol. The highest BCUT2D eigenvalue weighted by Gasteiger charge is 2.22. The highest BCUT2D eigenvalue weighted by molar-refractivity contribution is 7.99. The molecule has 0 saturated heterocycles. The second kappa shape index (κ2) is 5.71. The number of hydrogen-bond donors (Lipinski definition) is 0. The lowest BCUT2D eigenvalue weighted by atomic mass is 10.1. The lowest BCUT2D eigenvalue weighted by molar-refractivity contribution is -0.118. The molecule has 0 bridgehead atoms. The third-order valence-electron chi connectivity index (χ3n) is 3.42. The summed E-state index contributed by atoms with van der Waals surface area (Å²) in [6.45, 7) is 0.799. The van der Waals surface area contributed by atoms with Crippen molar-refractivity contribution in [3.05, 3.63) is 42.2 Å². The van der Waals surface area contributed by atoms with Gasteiger partial charge in [-0.1, -0.05) is 12.1 Å². The Morgan fingerprint density at radius 3 is 3.05 bits per heavy atom. The van der Waals surface area contributed by atoms with E-state index in [1.54, 1.807) is 4.68 Å². The molecule has 0 saturated carbocycles. The molecular weight excluding hydrogens is 270 g/mol. The van der Waals surface area contributed by atoms with Crippen LogP contribution in [-0.2, 0) is 18.3 Å². The highest BCUT2D eigenvalue weighted by atomic mass is 32.2. The molecule has 3 rings (SSSR count). The molecule has 104 valence electrons. The zero-order chi connectivity index (χ0) is 13.9. The van der Waals surface area contributed by atoms with Crippen LogP contribution in [0.4, 0.5) is 5.69 Å². The molecule has 0 atom stereocenters. The minimum atomic E-state index is 0.196. The van der Waals surface area contributed by atoms with Crippen molar-refractivity contribution in [3.8, 4) is 0 Å². The molecule has 0 N–H and O–H groups in total. The smallest absolute Gasteiger partial charge is 0.227 e. The maximum absolute atomic E-state index is 12.4. The van der Waals surface area contributed by atoms with Crippen LogP contribution in [0.25, 0.3) is 0 Å². The van der Waals surface area contributed by atoms with Crippen molar-refractivity contribution < 1.29 is 4.79 Å². The van der Waals surface area contributed by atoms with Gasteiger partial charge in [0.25, 0.3) is 0 Å². The van der Waals surface area contributed by atoms with Crippen LogP contribution in [0.15, 0.2) is 41.6 Å². The number of hydrogen-bond acceptors (Lipinski definition) is 3. The molecule has 2 aromatic rings. The van der Waals surface area contributed by atoms with Gasteiger partial charge in [0.15, 0.2) is 0 Å². The van der Waals surface area contributed by atoms with Gasteiger partial charge in [0.05, 0.1) is 11.9 Å². The van der Waals surface area contributed by atoms with E-state index in [1.807, 2.05) is 54.3 Å². The van der Waals surface area contributed by atoms with Crippen molar-refractivity contribution in [3.63, 3.8) is 0 Å². The minimum absolute atomic E-state index is 0.196. The average Bonchev–Trinajstić information content (AvgIpc) is 2.90. The summed E-state index contributed by atoms with van der Waals surface area (Å²) in [5.41, 5.74) is 2.17. The van der Waals surface area contributed by atoms with Crippen LogP contribution in [0.1, 0.15) is 12.0 Å². The van der Waals surface area contributed by atoms with Gasteiger partial charge in [-0.25, -0.2) is 0 Å². The number of aryl methyl sites for hydroxylation is 2. The Morgan fingerprint density at radius 2 is 2.25 bits per heavy atom. The fourth-order valence-corrected chi connectivity index (χ4v) is 3.41. The van der Waals surface area contributed by atoms with Crippen molar-refractivity contribution in [1.29, 1.82) is 0 Å². The molecule has 5 heteroatoms. The molecule has 0 aliphatic carbocycles. The largest absolute Gasteiger partial charge is 0.310 e. The molecule has 0 spiro atoms. The number of fused-ring (bicyclic) bond motifs is 1. The topological polar surface area (TPSA) is 38.1 Å². The van der Waals surface area contributed by atoms with Gasteiger partial charge < -0.3 is 4.90 Å². The van der Waals surface area contributed by atoms with Gasteiger partial charge in [0.1, 0.15) is 0 Å². The SMILES string of the molecule is Cn1cc(CCC(=O)N2CCSc3ccccc32)cn1. The summed E-state index contributed by atoms with van der Waals surface area (Å²) >= 11 is 1.82. The molecular formula is C15H17N3OS. The fraction of sp³-hybridized carbons (Fsp3) is 0.333. The molecule has 0 fully saturated rings. The quantitative estimate of drug-likeness (QED) is 0.870. The predicted molar refractivity (Wildman–Crippen MR) is 81.0 cm³/mol. The van der Waals surface area contributed by atoms with Crippen LogP contribution in [0.3, 0.4) is 0 Å². The van der Waals surface area contributed by atoms with Crippen molar-refractivity contribution >= 4 is 23.4 Å². The number of nitrogens with zero attached hydrogens (tertiary/aromatic N) is 3. The molecule has 0 radical (unpaired) electrons. The third kappa shape index (κ3) is 2.72.